The highest BCUT2D eigenvalue weighted by atomic mass is 79.9. The van der Waals surface area contributed by atoms with Crippen LogP contribution in [0.5, 0.6) is 0 Å². The highest BCUT2D eigenvalue weighted by Crippen LogP contribution is 2.24. The van der Waals surface area contributed by atoms with Gasteiger partial charge >= 0.3 is 0 Å². The number of hydrogen-bond acceptors (Lipinski definition) is 6. The van der Waals surface area contributed by atoms with Gasteiger partial charge in [-0.3, -0.25) is 4.79 Å². The first kappa shape index (κ1) is 22.4. The largest absolute Gasteiger partial charge is 0.368 e. The molecule has 1 amide bonds. The molecule has 0 unspecified atom stereocenters. The number of benzene rings is 2. The normalized spacial score (nSPS) is 14.2. The lowest BCUT2D eigenvalue weighted by Gasteiger charge is -2.23. The first-order valence-electron chi connectivity index (χ1n) is 10.8. The van der Waals surface area contributed by atoms with E-state index < -0.39 is 0 Å². The molecule has 0 bridgehead atoms. The third kappa shape index (κ3) is 5.70. The van der Waals surface area contributed by atoms with Crippen LogP contribution in [0.4, 0.5) is 11.5 Å². The van der Waals surface area contributed by atoms with Gasteiger partial charge in [0, 0.05) is 28.8 Å². The Balaban J connectivity index is 1.60. The van der Waals surface area contributed by atoms with Crippen LogP contribution >= 0.6 is 15.9 Å². The first-order valence-corrected chi connectivity index (χ1v) is 11.6. The van der Waals surface area contributed by atoms with Crippen molar-refractivity contribution in [1.82, 2.24) is 15.3 Å². The van der Waals surface area contributed by atoms with Crippen LogP contribution in [0.2, 0.25) is 0 Å². The second-order valence-corrected chi connectivity index (χ2v) is 8.80. The van der Waals surface area contributed by atoms with Gasteiger partial charge in [0.25, 0.3) is 5.91 Å². The number of nitrogens with zero attached hydrogens (tertiary/aromatic N) is 2. The van der Waals surface area contributed by atoms with Crippen LogP contribution in [0, 0.1) is 5.92 Å². The Morgan fingerprint density at radius 3 is 2.50 bits per heavy atom. The number of amides is 1. The van der Waals surface area contributed by atoms with Gasteiger partial charge in [0.2, 0.25) is 0 Å². The summed E-state index contributed by atoms with van der Waals surface area (Å²) < 4.78 is 0.945. The molecule has 1 aromatic heterocycles. The topological polar surface area (TPSA) is 105 Å². The van der Waals surface area contributed by atoms with Crippen molar-refractivity contribution in [2.45, 2.75) is 19.4 Å². The van der Waals surface area contributed by atoms with Crippen LogP contribution in [-0.4, -0.2) is 35.5 Å². The van der Waals surface area contributed by atoms with E-state index in [0.29, 0.717) is 29.7 Å². The molecule has 3 aromatic rings. The molecule has 0 aliphatic carbocycles. The maximum atomic E-state index is 13.2. The van der Waals surface area contributed by atoms with Crippen molar-refractivity contribution >= 4 is 33.3 Å². The fraction of sp³-hybridized carbons (Fsp3) is 0.292. The average Bonchev–Trinajstić information content (AvgIpc) is 2.85. The highest BCUT2D eigenvalue weighted by Gasteiger charge is 2.19. The Morgan fingerprint density at radius 2 is 1.81 bits per heavy atom. The molecule has 32 heavy (non-hydrogen) atoms. The van der Waals surface area contributed by atoms with Crippen molar-refractivity contribution in [2.24, 2.45) is 11.7 Å². The smallest absolute Gasteiger partial charge is 0.276 e. The van der Waals surface area contributed by atoms with Crippen LogP contribution < -0.4 is 21.7 Å². The van der Waals surface area contributed by atoms with Crippen LogP contribution in [-0.2, 0) is 6.54 Å². The Kier molecular flexibility index (Phi) is 7.47. The van der Waals surface area contributed by atoms with Gasteiger partial charge in [-0.25, -0.2) is 9.97 Å². The van der Waals surface area contributed by atoms with E-state index >= 15 is 0 Å². The molecule has 0 radical (unpaired) electrons. The van der Waals surface area contributed by atoms with E-state index in [1.807, 2.05) is 48.5 Å². The summed E-state index contributed by atoms with van der Waals surface area (Å²) in [5.74, 6) is 0.886. The lowest BCUT2D eigenvalue weighted by Crippen LogP contribution is -2.31. The Hall–Kier alpha value is -2.81. The Labute approximate surface area is 196 Å². The number of rotatable bonds is 7. The summed E-state index contributed by atoms with van der Waals surface area (Å²) in [6.45, 7) is 3.35. The summed E-state index contributed by atoms with van der Waals surface area (Å²) in [5, 5.41) is 9.68. The second kappa shape index (κ2) is 10.7. The highest BCUT2D eigenvalue weighted by molar-refractivity contribution is 9.10. The molecule has 1 saturated heterocycles. The zero-order valence-electron chi connectivity index (χ0n) is 17.8. The average molecular weight is 495 g/mol. The molecule has 2 aromatic carbocycles. The predicted molar refractivity (Wildman–Crippen MR) is 132 cm³/mol. The third-order valence-corrected chi connectivity index (χ3v) is 6.11. The molecule has 1 aliphatic rings. The zero-order chi connectivity index (χ0) is 22.3. The molecule has 7 nitrogen and oxygen atoms in total. The summed E-state index contributed by atoms with van der Waals surface area (Å²) in [6, 6.07) is 15.2. The van der Waals surface area contributed by atoms with Crippen molar-refractivity contribution in [1.29, 1.82) is 0 Å². The molecular formula is C24H27BrN6O. The van der Waals surface area contributed by atoms with Crippen LogP contribution in [0.25, 0.3) is 11.3 Å². The number of halogens is 1. The van der Waals surface area contributed by atoms with Crippen molar-refractivity contribution in [2.75, 3.05) is 30.3 Å². The lowest BCUT2D eigenvalue weighted by atomic mass is 9.98. The molecule has 2 heterocycles. The SMILES string of the molecule is NCc1ccc(-c2ncc(NCC3CCNCC3)nc2C(=O)Nc2ccc(Br)cc2)cc1. The Morgan fingerprint density at radius 1 is 1.09 bits per heavy atom. The third-order valence-electron chi connectivity index (χ3n) is 5.58. The van der Waals surface area contributed by atoms with E-state index in [1.54, 1.807) is 6.20 Å². The van der Waals surface area contributed by atoms with Gasteiger partial charge in [0.15, 0.2) is 5.69 Å². The van der Waals surface area contributed by atoms with E-state index in [1.165, 1.54) is 0 Å². The van der Waals surface area contributed by atoms with Crippen molar-refractivity contribution in [3.8, 4) is 11.3 Å². The number of carbonyl (C=O) groups is 1. The number of aromatic nitrogens is 2. The minimum atomic E-state index is -0.303. The first-order chi connectivity index (χ1) is 15.6. The molecule has 1 fully saturated rings. The molecule has 0 saturated carbocycles. The quantitative estimate of drug-likeness (QED) is 0.395. The Bertz CT molecular complexity index is 1050. The second-order valence-electron chi connectivity index (χ2n) is 7.89. The maximum absolute atomic E-state index is 13.2. The fourth-order valence-corrected chi connectivity index (χ4v) is 3.97. The fourth-order valence-electron chi connectivity index (χ4n) is 3.70. The van der Waals surface area contributed by atoms with Crippen LogP contribution in [0.3, 0.4) is 0 Å². The molecular weight excluding hydrogens is 468 g/mol. The van der Waals surface area contributed by atoms with Gasteiger partial charge in [-0.2, -0.15) is 0 Å². The summed E-state index contributed by atoms with van der Waals surface area (Å²) in [4.78, 5) is 22.5. The molecule has 8 heteroatoms. The molecule has 4 rings (SSSR count). The van der Waals surface area contributed by atoms with E-state index in [2.05, 4.69) is 41.8 Å². The number of piperidine rings is 1. The van der Waals surface area contributed by atoms with Crippen molar-refractivity contribution < 1.29 is 4.79 Å². The minimum Gasteiger partial charge on any atom is -0.368 e. The van der Waals surface area contributed by atoms with Gasteiger partial charge in [0.05, 0.1) is 6.20 Å². The monoisotopic (exact) mass is 494 g/mol. The molecule has 1 aliphatic heterocycles. The van der Waals surface area contributed by atoms with Gasteiger partial charge < -0.3 is 21.7 Å². The molecule has 5 N–H and O–H groups in total. The number of carbonyl (C=O) groups excluding carboxylic acids is 1. The van der Waals surface area contributed by atoms with E-state index in [9.17, 15) is 4.79 Å². The predicted octanol–water partition coefficient (Wildman–Crippen LogP) is 4.03. The summed E-state index contributed by atoms with van der Waals surface area (Å²) in [7, 11) is 0. The lowest BCUT2D eigenvalue weighted by molar-refractivity contribution is 0.102. The van der Waals surface area contributed by atoms with E-state index in [-0.39, 0.29) is 11.6 Å². The van der Waals surface area contributed by atoms with E-state index in [0.717, 1.165) is 48.1 Å². The standard InChI is InChI=1S/C24H27BrN6O/c25-19-5-7-20(8-6-19)30-24(32)23-22(18-3-1-16(13-26)2-4-18)29-15-21(31-23)28-14-17-9-11-27-12-10-17/h1-8,15,17,27H,9-14,26H2,(H,28,31)(H,30,32). The summed E-state index contributed by atoms with van der Waals surface area (Å²) in [5.41, 5.74) is 9.07. The molecule has 166 valence electrons. The minimum absolute atomic E-state index is 0.281. The van der Waals surface area contributed by atoms with Crippen LogP contribution in [0.15, 0.2) is 59.2 Å². The van der Waals surface area contributed by atoms with Crippen molar-refractivity contribution in [3.05, 3.63) is 70.5 Å². The zero-order valence-corrected chi connectivity index (χ0v) is 19.4. The van der Waals surface area contributed by atoms with Gasteiger partial charge in [-0.1, -0.05) is 40.2 Å². The van der Waals surface area contributed by atoms with Gasteiger partial charge in [-0.05, 0) is 61.7 Å². The molecule has 0 spiro atoms. The van der Waals surface area contributed by atoms with Gasteiger partial charge in [-0.15, -0.1) is 0 Å². The number of nitrogens with two attached hydrogens (primary N) is 1. The van der Waals surface area contributed by atoms with Crippen LogP contribution in [0.1, 0.15) is 28.9 Å². The van der Waals surface area contributed by atoms with Crippen molar-refractivity contribution in [3.63, 3.8) is 0 Å². The maximum Gasteiger partial charge on any atom is 0.276 e. The number of hydrogen-bond donors (Lipinski definition) is 4. The van der Waals surface area contributed by atoms with E-state index in [4.69, 9.17) is 5.73 Å². The number of anilines is 2. The number of nitrogens with one attached hydrogen (secondary N) is 3. The summed E-state index contributed by atoms with van der Waals surface area (Å²) in [6.07, 6.45) is 3.95. The molecule has 0 atom stereocenters. The summed E-state index contributed by atoms with van der Waals surface area (Å²) >= 11 is 3.41. The van der Waals surface area contributed by atoms with Gasteiger partial charge in [0.1, 0.15) is 11.5 Å².